The van der Waals surface area contributed by atoms with Crippen molar-refractivity contribution in [1.29, 1.82) is 0 Å². The first-order valence-electron chi connectivity index (χ1n) is 8.88. The van der Waals surface area contributed by atoms with Gasteiger partial charge in [0.25, 0.3) is 30.4 Å². The van der Waals surface area contributed by atoms with Gasteiger partial charge in [-0.3, -0.25) is 13.7 Å². The second-order valence-corrected chi connectivity index (χ2v) is 11.1. The quantitative estimate of drug-likeness (QED) is 0.112. The van der Waals surface area contributed by atoms with Gasteiger partial charge in [0.2, 0.25) is 0 Å². The van der Waals surface area contributed by atoms with Crippen LogP contribution < -0.4 is 16.9 Å². The summed E-state index contributed by atoms with van der Waals surface area (Å²) in [5.74, 6) is 5.00. The van der Waals surface area contributed by atoms with Crippen LogP contribution in [0.25, 0.3) is 21.9 Å². The number of benzene rings is 3. The third kappa shape index (κ3) is 5.53. The highest BCUT2D eigenvalue weighted by atomic mass is 32.2. The van der Waals surface area contributed by atoms with E-state index in [0.29, 0.717) is 12.1 Å². The summed E-state index contributed by atoms with van der Waals surface area (Å²) in [4.78, 5) is 8.69. The SMILES string of the molecule is NN=Nc1ccc(-c2cc3c(S(=O)(=O)O)cc(S(=O)(=O)O)cc3cc2S(=O)(=O)O)c(NC(N)=O)c1. The summed E-state index contributed by atoms with van der Waals surface area (Å²) in [6, 6.07) is 5.39. The van der Waals surface area contributed by atoms with Crippen LogP contribution >= 0.6 is 0 Å². The molecule has 0 heterocycles. The minimum absolute atomic E-state index is 0.0885. The van der Waals surface area contributed by atoms with Crippen LogP contribution in [0.4, 0.5) is 16.2 Å². The molecular weight excluding hydrogens is 530 g/mol. The summed E-state index contributed by atoms with van der Waals surface area (Å²) in [5, 5.41) is 8.05. The minimum Gasteiger partial charge on any atom is -0.351 e. The first-order chi connectivity index (χ1) is 16.0. The van der Waals surface area contributed by atoms with E-state index in [2.05, 4.69) is 15.7 Å². The number of nitrogens with zero attached hydrogens (tertiary/aromatic N) is 2. The molecule has 3 aromatic rings. The van der Waals surface area contributed by atoms with E-state index in [0.717, 1.165) is 12.1 Å². The third-order valence-corrected chi connectivity index (χ3v) is 7.18. The molecule has 0 aliphatic heterocycles. The van der Waals surface area contributed by atoms with E-state index in [4.69, 9.17) is 11.6 Å². The summed E-state index contributed by atoms with van der Waals surface area (Å²) < 4.78 is 100. The van der Waals surface area contributed by atoms with E-state index < -0.39 is 61.8 Å². The van der Waals surface area contributed by atoms with Gasteiger partial charge in [0.15, 0.2) is 0 Å². The van der Waals surface area contributed by atoms with Gasteiger partial charge in [0, 0.05) is 16.5 Å². The van der Waals surface area contributed by atoms with Crippen LogP contribution in [0, 0.1) is 0 Å². The highest BCUT2D eigenvalue weighted by Crippen LogP contribution is 2.40. The van der Waals surface area contributed by atoms with E-state index in [-0.39, 0.29) is 22.5 Å². The number of nitrogens with two attached hydrogens (primary N) is 2. The van der Waals surface area contributed by atoms with Crippen molar-refractivity contribution >= 4 is 58.5 Å². The Kier molecular flexibility index (Phi) is 6.55. The molecule has 0 atom stereocenters. The Hall–Kier alpha value is -3.68. The van der Waals surface area contributed by atoms with Crippen molar-refractivity contribution in [3.05, 3.63) is 42.5 Å². The number of fused-ring (bicyclic) bond motifs is 1. The minimum atomic E-state index is -5.12. The Balaban J connectivity index is 2.55. The first-order valence-corrected chi connectivity index (χ1v) is 13.2. The molecule has 0 aliphatic carbocycles. The Bertz CT molecular complexity index is 1730. The molecule has 8 N–H and O–H groups in total. The van der Waals surface area contributed by atoms with E-state index in [1.807, 2.05) is 0 Å². The fraction of sp³-hybridized carbons (Fsp3) is 0. The molecule has 18 heteroatoms. The molecule has 0 saturated heterocycles. The van der Waals surface area contributed by atoms with Gasteiger partial charge in [-0.25, -0.2) is 4.79 Å². The van der Waals surface area contributed by atoms with Crippen LogP contribution in [0.2, 0.25) is 0 Å². The van der Waals surface area contributed by atoms with Crippen molar-refractivity contribution in [1.82, 2.24) is 0 Å². The van der Waals surface area contributed by atoms with Crippen LogP contribution in [0.1, 0.15) is 0 Å². The summed E-state index contributed by atoms with van der Waals surface area (Å²) in [6.07, 6.45) is 0. The van der Waals surface area contributed by atoms with Crippen LogP contribution in [0.3, 0.4) is 0 Å². The van der Waals surface area contributed by atoms with Gasteiger partial charge < -0.3 is 16.9 Å². The van der Waals surface area contributed by atoms with Crippen molar-refractivity contribution in [2.24, 2.45) is 21.9 Å². The zero-order chi connectivity index (χ0) is 26.3. The summed E-state index contributed by atoms with van der Waals surface area (Å²) >= 11 is 0. The maximum Gasteiger partial charge on any atom is 0.316 e. The molecule has 15 nitrogen and oxygen atoms in total. The number of rotatable bonds is 6. The van der Waals surface area contributed by atoms with E-state index >= 15 is 0 Å². The molecule has 186 valence electrons. The molecule has 3 rings (SSSR count). The van der Waals surface area contributed by atoms with Gasteiger partial charge in [-0.2, -0.15) is 25.3 Å². The lowest BCUT2D eigenvalue weighted by molar-refractivity contribution is 0.259. The molecule has 0 unspecified atom stereocenters. The lowest BCUT2D eigenvalue weighted by Gasteiger charge is -2.16. The molecule has 0 aliphatic rings. The topological polar surface area (TPSA) is 269 Å². The molecule has 0 aromatic heterocycles. The van der Waals surface area contributed by atoms with Gasteiger partial charge in [0.1, 0.15) is 9.79 Å². The number of carbonyl (C=O) groups is 1. The Labute approximate surface area is 197 Å². The molecule has 0 bridgehead atoms. The molecule has 0 saturated carbocycles. The predicted molar refractivity (Wildman–Crippen MR) is 121 cm³/mol. The van der Waals surface area contributed by atoms with Gasteiger partial charge in [0.05, 0.1) is 16.3 Å². The third-order valence-electron chi connectivity index (χ3n) is 4.57. The zero-order valence-corrected chi connectivity index (χ0v) is 19.5. The number of nitrogens with one attached hydrogen (secondary N) is 1. The van der Waals surface area contributed by atoms with Crippen molar-refractivity contribution in [3.8, 4) is 11.1 Å². The molecule has 0 spiro atoms. The molecule has 35 heavy (non-hydrogen) atoms. The number of carbonyl (C=O) groups excluding carboxylic acids is 1. The second kappa shape index (κ2) is 8.83. The lowest BCUT2D eigenvalue weighted by Crippen LogP contribution is -2.19. The Morgan fingerprint density at radius 3 is 1.94 bits per heavy atom. The molecular formula is C17H15N5O10S3. The highest BCUT2D eigenvalue weighted by Gasteiger charge is 2.26. The monoisotopic (exact) mass is 545 g/mol. The number of anilines is 1. The van der Waals surface area contributed by atoms with Gasteiger partial charge >= 0.3 is 6.03 Å². The van der Waals surface area contributed by atoms with Crippen LogP contribution in [-0.2, 0) is 30.4 Å². The average molecular weight is 546 g/mol. The van der Waals surface area contributed by atoms with Crippen LogP contribution in [0.15, 0.2) is 67.5 Å². The summed E-state index contributed by atoms with van der Waals surface area (Å²) in [7, 11) is -15.2. The van der Waals surface area contributed by atoms with Crippen molar-refractivity contribution < 1.29 is 43.7 Å². The number of primary amides is 1. The zero-order valence-electron chi connectivity index (χ0n) is 17.0. The standard InChI is InChI=1S/C17H15N5O10S3/c18-17(23)20-14-5-9(21-22-19)1-2-11(14)13-7-12-8(4-15(13)34(27,28)29)3-10(33(24,25)26)6-16(12)35(30,31)32/h1-7H,(H2,19,21)(H3,18,20,23)(H,24,25,26)(H,27,28,29)(H,30,31,32). The van der Waals surface area contributed by atoms with E-state index in [1.54, 1.807) is 0 Å². The number of urea groups is 1. The number of hydrogen-bond donors (Lipinski definition) is 6. The second-order valence-electron chi connectivity index (χ2n) is 6.85. The lowest BCUT2D eigenvalue weighted by atomic mass is 9.99. The Morgan fingerprint density at radius 2 is 1.43 bits per heavy atom. The molecule has 0 radical (unpaired) electrons. The smallest absolute Gasteiger partial charge is 0.316 e. The maximum atomic E-state index is 12.2. The molecule has 0 fully saturated rings. The van der Waals surface area contributed by atoms with Gasteiger partial charge in [-0.15, -0.1) is 5.11 Å². The fourth-order valence-electron chi connectivity index (χ4n) is 3.25. The van der Waals surface area contributed by atoms with Gasteiger partial charge in [-0.05, 0) is 41.8 Å². The van der Waals surface area contributed by atoms with Crippen molar-refractivity contribution in [2.45, 2.75) is 14.7 Å². The fourth-order valence-corrected chi connectivity index (χ4v) is 5.32. The van der Waals surface area contributed by atoms with E-state index in [9.17, 15) is 43.7 Å². The summed E-state index contributed by atoms with van der Waals surface area (Å²) in [6.45, 7) is 0. The number of amides is 2. The molecule has 2 amide bonds. The van der Waals surface area contributed by atoms with Crippen molar-refractivity contribution in [2.75, 3.05) is 5.32 Å². The van der Waals surface area contributed by atoms with Gasteiger partial charge in [-0.1, -0.05) is 11.3 Å². The largest absolute Gasteiger partial charge is 0.351 e. The van der Waals surface area contributed by atoms with Crippen LogP contribution in [-0.4, -0.2) is 44.9 Å². The maximum absolute atomic E-state index is 12.2. The van der Waals surface area contributed by atoms with Crippen molar-refractivity contribution in [3.63, 3.8) is 0 Å². The predicted octanol–water partition coefficient (Wildman–Crippen LogP) is 1.69. The van der Waals surface area contributed by atoms with Crippen LogP contribution in [0.5, 0.6) is 0 Å². The molecule has 3 aromatic carbocycles. The normalized spacial score (nSPS) is 12.8. The Morgan fingerprint density at radius 1 is 0.800 bits per heavy atom. The first kappa shape index (κ1) is 25.9. The average Bonchev–Trinajstić information content (AvgIpc) is 2.70. The highest BCUT2D eigenvalue weighted by molar-refractivity contribution is 7.87. The summed E-state index contributed by atoms with van der Waals surface area (Å²) in [5.41, 5.74) is 4.59. The number of hydrogen-bond acceptors (Lipinski definition) is 9. The van der Waals surface area contributed by atoms with E-state index in [1.165, 1.54) is 18.2 Å².